The van der Waals surface area contributed by atoms with Gasteiger partial charge in [0.25, 0.3) is 0 Å². The van der Waals surface area contributed by atoms with E-state index in [0.29, 0.717) is 0 Å². The Balaban J connectivity index is 1.39. The lowest BCUT2D eigenvalue weighted by atomic mass is 9.57. The zero-order valence-corrected chi connectivity index (χ0v) is 19.1. The molecule has 0 aromatic carbocycles. The van der Waals surface area contributed by atoms with Crippen molar-refractivity contribution in [1.29, 1.82) is 5.26 Å². The fraction of sp³-hybridized carbons (Fsp3) is 0.875. The van der Waals surface area contributed by atoms with Crippen LogP contribution in [0.2, 0.25) is 0 Å². The third-order valence-corrected chi connectivity index (χ3v) is 7.88. The zero-order valence-electron chi connectivity index (χ0n) is 19.1. The Kier molecular flexibility index (Phi) is 8.32. The molecule has 2 amide bonds. The summed E-state index contributed by atoms with van der Waals surface area (Å²) in [5.41, 5.74) is -0.341. The van der Waals surface area contributed by atoms with Gasteiger partial charge in [0.05, 0.1) is 19.2 Å². The van der Waals surface area contributed by atoms with Crippen molar-refractivity contribution >= 4 is 11.8 Å². The van der Waals surface area contributed by atoms with Gasteiger partial charge in [0.2, 0.25) is 11.8 Å². The minimum Gasteiger partial charge on any atom is -0.356 e. The summed E-state index contributed by atoms with van der Waals surface area (Å²) in [5, 5.41) is 15.8. The number of nitriles is 1. The van der Waals surface area contributed by atoms with Crippen LogP contribution < -0.4 is 10.6 Å². The van der Waals surface area contributed by atoms with Gasteiger partial charge in [-0.05, 0) is 44.9 Å². The van der Waals surface area contributed by atoms with Crippen LogP contribution in [0.25, 0.3) is 0 Å². The first kappa shape index (κ1) is 24.0. The molecule has 1 aliphatic heterocycles. The number of rotatable bonds is 11. The third-order valence-electron chi connectivity index (χ3n) is 7.88. The highest BCUT2D eigenvalue weighted by atomic mass is 19.1. The molecular weight excluding hydrogens is 395 g/mol. The van der Waals surface area contributed by atoms with Crippen molar-refractivity contribution in [3.63, 3.8) is 0 Å². The van der Waals surface area contributed by atoms with Crippen molar-refractivity contribution in [1.82, 2.24) is 15.5 Å². The smallest absolute Gasteiger partial charge is 0.237 e. The van der Waals surface area contributed by atoms with E-state index in [1.165, 1.54) is 37.0 Å². The molecule has 0 unspecified atom stereocenters. The molecule has 3 saturated carbocycles. The molecule has 6 nitrogen and oxygen atoms in total. The fourth-order valence-electron chi connectivity index (χ4n) is 5.63. The molecule has 0 radical (unpaired) electrons. The van der Waals surface area contributed by atoms with Gasteiger partial charge >= 0.3 is 0 Å². The number of alkyl halides is 1. The van der Waals surface area contributed by atoms with E-state index in [-0.39, 0.29) is 42.3 Å². The number of unbranched alkanes of at least 4 members (excludes halogenated alkanes) is 5. The summed E-state index contributed by atoms with van der Waals surface area (Å²) in [5.74, 6) is 0.0218. The summed E-state index contributed by atoms with van der Waals surface area (Å²) >= 11 is 0. The van der Waals surface area contributed by atoms with E-state index in [1.54, 1.807) is 0 Å². The van der Waals surface area contributed by atoms with Gasteiger partial charge < -0.3 is 15.5 Å². The molecular formula is C24H39FN4O2. The van der Waals surface area contributed by atoms with Gasteiger partial charge in [-0.15, -0.1) is 0 Å². The molecule has 7 heteroatoms. The lowest BCUT2D eigenvalue weighted by Gasteiger charge is -2.53. The molecule has 3 aliphatic carbocycles. The third kappa shape index (κ3) is 5.77. The average Bonchev–Trinajstić information content (AvgIpc) is 3.19. The maximum absolute atomic E-state index is 13.6. The van der Waals surface area contributed by atoms with Crippen molar-refractivity contribution in [2.45, 2.75) is 108 Å². The molecule has 174 valence electrons. The van der Waals surface area contributed by atoms with Gasteiger partial charge in [0.15, 0.2) is 0 Å². The summed E-state index contributed by atoms with van der Waals surface area (Å²) in [4.78, 5) is 26.8. The van der Waals surface area contributed by atoms with Gasteiger partial charge in [-0.25, -0.2) is 4.39 Å². The molecule has 0 aromatic rings. The zero-order chi connectivity index (χ0) is 22.3. The first-order valence-electron chi connectivity index (χ1n) is 12.3. The van der Waals surface area contributed by atoms with Crippen LogP contribution in [0.5, 0.6) is 0 Å². The van der Waals surface area contributed by atoms with Crippen molar-refractivity contribution in [2.75, 3.05) is 19.6 Å². The molecule has 0 aromatic heterocycles. The minimum atomic E-state index is -1.11. The van der Waals surface area contributed by atoms with Crippen molar-refractivity contribution in [3.8, 4) is 6.07 Å². The SMILES string of the molecule is CCCCCCCCNC(=O)C12CCC(NCC(=O)N3C[C@@H](F)C[C@H]3C#N)(CC1)CC2. The summed E-state index contributed by atoms with van der Waals surface area (Å²) in [6.45, 7) is 3.15. The Hall–Kier alpha value is -1.68. The van der Waals surface area contributed by atoms with Crippen LogP contribution >= 0.6 is 0 Å². The number of nitrogens with one attached hydrogen (secondary N) is 2. The Labute approximate surface area is 186 Å². The van der Waals surface area contributed by atoms with Crippen LogP contribution in [0.4, 0.5) is 4.39 Å². The monoisotopic (exact) mass is 434 g/mol. The van der Waals surface area contributed by atoms with E-state index in [2.05, 4.69) is 17.6 Å². The molecule has 1 saturated heterocycles. The van der Waals surface area contributed by atoms with Gasteiger partial charge in [0, 0.05) is 23.9 Å². The maximum atomic E-state index is 13.6. The number of nitrogens with zero attached hydrogens (tertiary/aromatic N) is 2. The van der Waals surface area contributed by atoms with Crippen molar-refractivity contribution in [3.05, 3.63) is 0 Å². The van der Waals surface area contributed by atoms with Crippen molar-refractivity contribution < 1.29 is 14.0 Å². The Bertz CT molecular complexity index is 652. The first-order valence-corrected chi connectivity index (χ1v) is 12.3. The fourth-order valence-corrected chi connectivity index (χ4v) is 5.63. The highest BCUT2D eigenvalue weighted by Crippen LogP contribution is 2.52. The van der Waals surface area contributed by atoms with Crippen LogP contribution in [0.15, 0.2) is 0 Å². The predicted octanol–water partition coefficient (Wildman–Crippen LogP) is 3.61. The number of halogens is 1. The molecule has 2 atom stereocenters. The lowest BCUT2D eigenvalue weighted by Crippen LogP contribution is -2.60. The lowest BCUT2D eigenvalue weighted by molar-refractivity contribution is -0.139. The van der Waals surface area contributed by atoms with E-state index >= 15 is 0 Å². The van der Waals surface area contributed by atoms with E-state index in [0.717, 1.165) is 51.5 Å². The number of carbonyl (C=O) groups is 2. The van der Waals surface area contributed by atoms with Crippen LogP contribution in [0, 0.1) is 16.7 Å². The first-order chi connectivity index (χ1) is 14.9. The highest BCUT2D eigenvalue weighted by Gasteiger charge is 2.52. The summed E-state index contributed by atoms with van der Waals surface area (Å²) in [6, 6.07) is 1.39. The quantitative estimate of drug-likeness (QED) is 0.487. The molecule has 4 rings (SSSR count). The van der Waals surface area contributed by atoms with Crippen LogP contribution in [-0.2, 0) is 9.59 Å². The van der Waals surface area contributed by atoms with Gasteiger partial charge in [0.1, 0.15) is 12.2 Å². The number of carbonyl (C=O) groups excluding carboxylic acids is 2. The molecule has 2 N–H and O–H groups in total. The molecule has 4 aliphatic rings. The van der Waals surface area contributed by atoms with Crippen molar-refractivity contribution in [2.24, 2.45) is 5.41 Å². The topological polar surface area (TPSA) is 85.2 Å². The molecule has 31 heavy (non-hydrogen) atoms. The van der Waals surface area contributed by atoms with E-state index < -0.39 is 12.2 Å². The normalized spacial score (nSPS) is 32.1. The molecule has 4 fully saturated rings. The second-order valence-electron chi connectivity index (χ2n) is 9.96. The van der Waals surface area contributed by atoms with Crippen LogP contribution in [0.1, 0.15) is 90.4 Å². The van der Waals surface area contributed by atoms with Gasteiger partial charge in [-0.2, -0.15) is 5.26 Å². The number of fused-ring (bicyclic) bond motifs is 3. The highest BCUT2D eigenvalue weighted by molar-refractivity contribution is 5.83. The summed E-state index contributed by atoms with van der Waals surface area (Å²) in [6.07, 6.45) is 11.6. The van der Waals surface area contributed by atoms with E-state index in [9.17, 15) is 14.0 Å². The number of amides is 2. The van der Waals surface area contributed by atoms with Crippen LogP contribution in [0.3, 0.4) is 0 Å². The summed E-state index contributed by atoms with van der Waals surface area (Å²) in [7, 11) is 0. The predicted molar refractivity (Wildman–Crippen MR) is 118 cm³/mol. The Morgan fingerprint density at radius 3 is 2.35 bits per heavy atom. The Morgan fingerprint density at radius 1 is 1.06 bits per heavy atom. The second kappa shape index (κ2) is 10.8. The second-order valence-corrected chi connectivity index (χ2v) is 9.96. The van der Waals surface area contributed by atoms with E-state index in [4.69, 9.17) is 5.26 Å². The van der Waals surface area contributed by atoms with Gasteiger partial charge in [-0.1, -0.05) is 39.0 Å². The molecule has 2 bridgehead atoms. The largest absolute Gasteiger partial charge is 0.356 e. The number of likely N-dealkylation sites (tertiary alicyclic amines) is 1. The summed E-state index contributed by atoms with van der Waals surface area (Å²) < 4.78 is 13.6. The molecule has 0 spiro atoms. The minimum absolute atomic E-state index is 0.0215. The maximum Gasteiger partial charge on any atom is 0.237 e. The van der Waals surface area contributed by atoms with Crippen LogP contribution in [-0.4, -0.2) is 54.1 Å². The molecule has 1 heterocycles. The number of hydrogen-bond acceptors (Lipinski definition) is 4. The number of hydrogen-bond donors (Lipinski definition) is 2. The van der Waals surface area contributed by atoms with Gasteiger partial charge in [-0.3, -0.25) is 9.59 Å². The average molecular weight is 435 g/mol. The standard InChI is InChI=1S/C24H39FN4O2/c1-2-3-4-5-6-7-14-27-22(31)23-8-11-24(12-9-23,13-10-23)28-17-21(30)29-18-19(25)15-20(29)16-26/h19-20,28H,2-15,17-18H2,1H3,(H,27,31)/t19-,20-,23?,24?/m0/s1. The van der Waals surface area contributed by atoms with E-state index in [1.807, 2.05) is 6.07 Å². The Morgan fingerprint density at radius 2 is 1.71 bits per heavy atom.